The van der Waals surface area contributed by atoms with Crippen LogP contribution in [0.3, 0.4) is 0 Å². The number of hydroxylamine groups is 1. The lowest BCUT2D eigenvalue weighted by molar-refractivity contribution is -0.143. The average Bonchev–Trinajstić information content (AvgIpc) is 3.43. The van der Waals surface area contributed by atoms with Crippen LogP contribution in [-0.4, -0.2) is 45.7 Å². The van der Waals surface area contributed by atoms with Crippen LogP contribution in [0.5, 0.6) is 5.75 Å². The van der Waals surface area contributed by atoms with E-state index in [-0.39, 0.29) is 24.8 Å². The van der Waals surface area contributed by atoms with Crippen molar-refractivity contribution < 1.29 is 24.1 Å². The molecule has 4 rings (SSSR count). The Kier molecular flexibility index (Phi) is 6.98. The minimum absolute atomic E-state index is 0.0685. The number of hydrogen-bond donors (Lipinski definition) is 2. The number of aliphatic hydroxyl groups is 1. The highest BCUT2D eigenvalue weighted by Crippen LogP contribution is 2.31. The lowest BCUT2D eigenvalue weighted by Crippen LogP contribution is -2.48. The van der Waals surface area contributed by atoms with Crippen LogP contribution in [0.1, 0.15) is 37.6 Å². The zero-order valence-corrected chi connectivity index (χ0v) is 19.5. The van der Waals surface area contributed by atoms with Gasteiger partial charge in [-0.25, -0.2) is 0 Å². The Morgan fingerprint density at radius 3 is 2.41 bits per heavy atom. The van der Waals surface area contributed by atoms with Crippen molar-refractivity contribution in [3.05, 3.63) is 72.1 Å². The van der Waals surface area contributed by atoms with Gasteiger partial charge in [0.2, 0.25) is 5.91 Å². The summed E-state index contributed by atoms with van der Waals surface area (Å²) in [7, 11) is 0. The Hall–Kier alpha value is -3.65. The van der Waals surface area contributed by atoms with Gasteiger partial charge in [0.05, 0.1) is 11.8 Å². The fourth-order valence-corrected chi connectivity index (χ4v) is 4.27. The molecule has 0 aliphatic carbocycles. The van der Waals surface area contributed by atoms with Crippen molar-refractivity contribution in [3.63, 3.8) is 0 Å². The average molecular weight is 464 g/mol. The SMILES string of the molecule is Cc1cc([C@@H](C(=O)N2C[C@H](O)C[C@H]2C(=O)NOc2ccc(-c3ccccc3)cc2)C(C)C)on1. The minimum Gasteiger partial charge on any atom is -0.391 e. The molecule has 2 amide bonds. The number of β-amino-alcohol motifs (C(OH)–C–C–N with tert-alkyl or cyclic N) is 1. The van der Waals surface area contributed by atoms with Gasteiger partial charge in [-0.05, 0) is 36.1 Å². The second kappa shape index (κ2) is 10.1. The smallest absolute Gasteiger partial charge is 0.275 e. The molecule has 178 valence electrons. The molecule has 1 fully saturated rings. The zero-order valence-electron chi connectivity index (χ0n) is 19.5. The molecule has 2 aromatic carbocycles. The number of carbonyl (C=O) groups excluding carboxylic acids is 2. The maximum Gasteiger partial charge on any atom is 0.275 e. The number of hydrogen-bond acceptors (Lipinski definition) is 6. The maximum absolute atomic E-state index is 13.4. The second-order valence-corrected chi connectivity index (χ2v) is 8.95. The molecule has 3 atom stereocenters. The molecule has 2 N–H and O–H groups in total. The van der Waals surface area contributed by atoms with Crippen LogP contribution < -0.4 is 10.3 Å². The van der Waals surface area contributed by atoms with Gasteiger partial charge in [0.25, 0.3) is 5.91 Å². The number of carbonyl (C=O) groups is 2. The van der Waals surface area contributed by atoms with Gasteiger partial charge < -0.3 is 19.4 Å². The van der Waals surface area contributed by atoms with Gasteiger partial charge >= 0.3 is 0 Å². The quantitative estimate of drug-likeness (QED) is 0.520. The fraction of sp³-hybridized carbons (Fsp3) is 0.346. The van der Waals surface area contributed by atoms with Crippen molar-refractivity contribution in [1.82, 2.24) is 15.5 Å². The van der Waals surface area contributed by atoms with Crippen molar-refractivity contribution in [1.29, 1.82) is 0 Å². The summed E-state index contributed by atoms with van der Waals surface area (Å²) in [6.07, 6.45) is -0.664. The Morgan fingerprint density at radius 2 is 1.79 bits per heavy atom. The highest BCUT2D eigenvalue weighted by molar-refractivity contribution is 5.91. The third kappa shape index (κ3) is 5.12. The van der Waals surface area contributed by atoms with Crippen molar-refractivity contribution in [2.24, 2.45) is 5.92 Å². The summed E-state index contributed by atoms with van der Waals surface area (Å²) >= 11 is 0. The van der Waals surface area contributed by atoms with Crippen LogP contribution in [-0.2, 0) is 9.59 Å². The van der Waals surface area contributed by atoms with E-state index in [1.54, 1.807) is 25.1 Å². The number of aryl methyl sites for hydroxylation is 1. The van der Waals surface area contributed by atoms with E-state index in [9.17, 15) is 14.7 Å². The molecule has 8 nitrogen and oxygen atoms in total. The molecule has 1 saturated heterocycles. The summed E-state index contributed by atoms with van der Waals surface area (Å²) in [6.45, 7) is 5.67. The Bertz CT molecular complexity index is 1130. The van der Waals surface area contributed by atoms with E-state index in [0.717, 1.165) is 11.1 Å². The normalized spacial score (nSPS) is 18.7. The molecule has 8 heteroatoms. The van der Waals surface area contributed by atoms with Crippen LogP contribution in [0.15, 0.2) is 65.2 Å². The monoisotopic (exact) mass is 463 g/mol. The molecular formula is C26H29N3O5. The van der Waals surface area contributed by atoms with Gasteiger partial charge in [0, 0.05) is 19.0 Å². The largest absolute Gasteiger partial charge is 0.391 e. The first-order valence-corrected chi connectivity index (χ1v) is 11.4. The molecule has 0 radical (unpaired) electrons. The number of amides is 2. The van der Waals surface area contributed by atoms with Gasteiger partial charge in [-0.3, -0.25) is 9.59 Å². The van der Waals surface area contributed by atoms with Crippen molar-refractivity contribution in [3.8, 4) is 16.9 Å². The number of aromatic nitrogens is 1. The first-order valence-electron chi connectivity index (χ1n) is 11.4. The molecule has 1 aliphatic rings. The predicted molar refractivity (Wildman–Crippen MR) is 126 cm³/mol. The van der Waals surface area contributed by atoms with Crippen LogP contribution in [0.25, 0.3) is 11.1 Å². The lowest BCUT2D eigenvalue weighted by atomic mass is 9.91. The van der Waals surface area contributed by atoms with E-state index in [1.807, 2.05) is 56.3 Å². The van der Waals surface area contributed by atoms with Crippen molar-refractivity contribution in [2.75, 3.05) is 6.54 Å². The standard InChI is InChI=1S/C26H29N3O5/c1-16(2)24(23-13-17(3)27-34-23)26(32)29-15-20(30)14-22(29)25(31)28-33-21-11-9-19(10-12-21)18-7-5-4-6-8-18/h4-13,16,20,22,24,30H,14-15H2,1-3H3,(H,28,31)/t20-,22+,24+/m1/s1. The number of likely N-dealkylation sites (tertiary alicyclic amines) is 1. The van der Waals surface area contributed by atoms with Gasteiger partial charge in [-0.15, -0.1) is 0 Å². The van der Waals surface area contributed by atoms with E-state index < -0.39 is 24.0 Å². The Labute approximate surface area is 198 Å². The molecule has 3 aromatic rings. The molecule has 34 heavy (non-hydrogen) atoms. The first kappa shape index (κ1) is 23.5. The Balaban J connectivity index is 1.43. The Morgan fingerprint density at radius 1 is 1.12 bits per heavy atom. The molecule has 0 unspecified atom stereocenters. The number of benzene rings is 2. The first-order chi connectivity index (χ1) is 16.3. The predicted octanol–water partition coefficient (Wildman–Crippen LogP) is 3.46. The lowest BCUT2D eigenvalue weighted by Gasteiger charge is -2.28. The van der Waals surface area contributed by atoms with Crippen LogP contribution in [0.4, 0.5) is 0 Å². The van der Waals surface area contributed by atoms with Crippen LogP contribution in [0.2, 0.25) is 0 Å². The van der Waals surface area contributed by atoms with Gasteiger partial charge in [-0.1, -0.05) is 61.5 Å². The summed E-state index contributed by atoms with van der Waals surface area (Å²) in [4.78, 5) is 33.2. The van der Waals surface area contributed by atoms with Gasteiger partial charge in [-0.2, -0.15) is 5.48 Å². The minimum atomic E-state index is -0.851. The second-order valence-electron chi connectivity index (χ2n) is 8.95. The third-order valence-electron chi connectivity index (χ3n) is 5.98. The van der Waals surface area contributed by atoms with E-state index in [2.05, 4.69) is 10.6 Å². The van der Waals surface area contributed by atoms with E-state index in [0.29, 0.717) is 17.2 Å². The summed E-state index contributed by atoms with van der Waals surface area (Å²) in [6, 6.07) is 18.1. The van der Waals surface area contributed by atoms with Gasteiger partial charge in [0.15, 0.2) is 5.75 Å². The number of nitrogens with zero attached hydrogens (tertiary/aromatic N) is 2. The van der Waals surface area contributed by atoms with Crippen LogP contribution in [0, 0.1) is 12.8 Å². The molecule has 1 aliphatic heterocycles. The zero-order chi connectivity index (χ0) is 24.2. The molecular weight excluding hydrogens is 434 g/mol. The van der Waals surface area contributed by atoms with Crippen molar-refractivity contribution >= 4 is 11.8 Å². The number of aliphatic hydroxyl groups excluding tert-OH is 1. The summed E-state index contributed by atoms with van der Waals surface area (Å²) in [5.41, 5.74) is 5.22. The fourth-order valence-electron chi connectivity index (χ4n) is 4.27. The van der Waals surface area contributed by atoms with Crippen LogP contribution >= 0.6 is 0 Å². The number of nitrogens with one attached hydrogen (secondary N) is 1. The van der Waals surface area contributed by atoms with Gasteiger partial charge in [0.1, 0.15) is 17.7 Å². The topological polar surface area (TPSA) is 105 Å². The summed E-state index contributed by atoms with van der Waals surface area (Å²) in [5.74, 6) is -0.549. The molecule has 2 heterocycles. The van der Waals surface area contributed by atoms with E-state index >= 15 is 0 Å². The maximum atomic E-state index is 13.4. The molecule has 0 spiro atoms. The molecule has 1 aromatic heterocycles. The van der Waals surface area contributed by atoms with E-state index in [1.165, 1.54) is 4.90 Å². The third-order valence-corrected chi connectivity index (χ3v) is 5.98. The van der Waals surface area contributed by atoms with Crippen molar-refractivity contribution in [2.45, 2.75) is 45.3 Å². The number of rotatable bonds is 7. The highest BCUT2D eigenvalue weighted by Gasteiger charge is 2.43. The summed E-state index contributed by atoms with van der Waals surface area (Å²) < 4.78 is 5.35. The van der Waals surface area contributed by atoms with E-state index in [4.69, 9.17) is 9.36 Å². The summed E-state index contributed by atoms with van der Waals surface area (Å²) in [5, 5.41) is 14.1. The highest BCUT2D eigenvalue weighted by atomic mass is 16.7. The molecule has 0 bridgehead atoms. The molecule has 0 saturated carbocycles.